The number of rotatable bonds is 9. The minimum atomic E-state index is 0.267. The van der Waals surface area contributed by atoms with Crippen LogP contribution in [-0.4, -0.2) is 25.3 Å². The zero-order valence-electron chi connectivity index (χ0n) is 13.5. The summed E-state index contributed by atoms with van der Waals surface area (Å²) in [5.41, 5.74) is 2.47. The largest absolute Gasteiger partial charge is 0.396 e. The van der Waals surface area contributed by atoms with Crippen LogP contribution >= 0.6 is 0 Å². The Labute approximate surface area is 130 Å². The first-order chi connectivity index (χ1) is 10.3. The highest BCUT2D eigenvalue weighted by atomic mass is 16.2. The van der Waals surface area contributed by atoms with E-state index in [2.05, 4.69) is 48.3 Å². The number of aryl methyl sites for hydroxylation is 1. The van der Waals surface area contributed by atoms with Crippen LogP contribution in [0.5, 0.6) is 0 Å². The molecule has 0 aliphatic heterocycles. The zero-order chi connectivity index (χ0) is 15.3. The third-order valence-corrected chi connectivity index (χ3v) is 3.59. The molecule has 0 bridgehead atoms. The maximum Gasteiger partial charge on any atom is 0.0431 e. The highest BCUT2D eigenvalue weighted by Gasteiger charge is 2.03. The van der Waals surface area contributed by atoms with E-state index in [1.165, 1.54) is 5.56 Å². The molecular formula is C19H29NO. The molecule has 1 atom stereocenters. The first-order valence-electron chi connectivity index (χ1n) is 8.16. The molecule has 0 heterocycles. The van der Waals surface area contributed by atoms with E-state index in [1.54, 1.807) is 0 Å². The van der Waals surface area contributed by atoms with Crippen molar-refractivity contribution < 1.29 is 5.11 Å². The summed E-state index contributed by atoms with van der Waals surface area (Å²) in [6.07, 6.45) is 6.37. The molecule has 2 nitrogen and oxygen atoms in total. The van der Waals surface area contributed by atoms with Gasteiger partial charge in [-0.2, -0.15) is 0 Å². The van der Waals surface area contributed by atoms with Gasteiger partial charge in [0, 0.05) is 18.1 Å². The van der Waals surface area contributed by atoms with Gasteiger partial charge < -0.3 is 10.4 Å². The number of hydrogen-bond donors (Lipinski definition) is 2. The van der Waals surface area contributed by atoms with Crippen molar-refractivity contribution in [3.8, 4) is 11.8 Å². The summed E-state index contributed by atoms with van der Waals surface area (Å²) in [5.74, 6) is 7.13. The summed E-state index contributed by atoms with van der Waals surface area (Å²) in [7, 11) is 1.99. The third-order valence-electron chi connectivity index (χ3n) is 3.59. The van der Waals surface area contributed by atoms with Gasteiger partial charge >= 0.3 is 0 Å². The fourth-order valence-corrected chi connectivity index (χ4v) is 2.43. The van der Waals surface area contributed by atoms with E-state index in [9.17, 15) is 0 Å². The molecule has 0 radical (unpaired) electrons. The lowest BCUT2D eigenvalue weighted by Gasteiger charge is -2.07. The molecule has 1 aromatic rings. The van der Waals surface area contributed by atoms with E-state index in [1.807, 2.05) is 7.05 Å². The van der Waals surface area contributed by atoms with E-state index in [4.69, 9.17) is 5.11 Å². The van der Waals surface area contributed by atoms with Crippen LogP contribution in [0, 0.1) is 17.8 Å². The summed E-state index contributed by atoms with van der Waals surface area (Å²) in [6.45, 7) is 3.51. The molecule has 0 aromatic heterocycles. The molecule has 0 saturated heterocycles. The van der Waals surface area contributed by atoms with Crippen molar-refractivity contribution >= 4 is 0 Å². The second kappa shape index (κ2) is 11.4. The van der Waals surface area contributed by atoms with Crippen molar-refractivity contribution in [3.05, 3.63) is 35.4 Å². The van der Waals surface area contributed by atoms with Crippen LogP contribution in [0.4, 0.5) is 0 Å². The van der Waals surface area contributed by atoms with Gasteiger partial charge in [0.1, 0.15) is 0 Å². The first kappa shape index (κ1) is 17.8. The molecule has 1 unspecified atom stereocenters. The van der Waals surface area contributed by atoms with E-state index in [0.717, 1.165) is 50.6 Å². The molecule has 0 saturated carbocycles. The van der Waals surface area contributed by atoms with Gasteiger partial charge in [-0.05, 0) is 63.4 Å². The molecule has 0 spiro atoms. The number of hydrogen-bond acceptors (Lipinski definition) is 2. The molecule has 0 aliphatic carbocycles. The van der Waals surface area contributed by atoms with E-state index < -0.39 is 0 Å². The molecule has 0 amide bonds. The minimum absolute atomic E-state index is 0.267. The SMILES string of the molecule is CCCC(C#Cc1cccc(CCCNC)c1)CCCO. The van der Waals surface area contributed by atoms with Crippen LogP contribution in [-0.2, 0) is 6.42 Å². The van der Waals surface area contributed by atoms with Gasteiger partial charge in [0.05, 0.1) is 0 Å². The average molecular weight is 287 g/mol. The Morgan fingerprint density at radius 3 is 2.81 bits per heavy atom. The molecule has 2 N–H and O–H groups in total. The molecule has 116 valence electrons. The molecule has 0 aliphatic rings. The quantitative estimate of drug-likeness (QED) is 0.539. The van der Waals surface area contributed by atoms with Gasteiger partial charge in [-0.25, -0.2) is 0 Å². The van der Waals surface area contributed by atoms with Crippen molar-refractivity contribution in [2.45, 2.75) is 45.4 Å². The van der Waals surface area contributed by atoms with Gasteiger partial charge in [0.2, 0.25) is 0 Å². The van der Waals surface area contributed by atoms with Crippen molar-refractivity contribution in [3.63, 3.8) is 0 Å². The number of aliphatic hydroxyl groups excluding tert-OH is 1. The lowest BCUT2D eigenvalue weighted by atomic mass is 9.98. The van der Waals surface area contributed by atoms with Crippen molar-refractivity contribution in [1.29, 1.82) is 0 Å². The van der Waals surface area contributed by atoms with Crippen molar-refractivity contribution in [1.82, 2.24) is 5.32 Å². The molecule has 1 aromatic carbocycles. The maximum absolute atomic E-state index is 8.95. The van der Waals surface area contributed by atoms with Gasteiger partial charge in [0.15, 0.2) is 0 Å². The highest BCUT2D eigenvalue weighted by Crippen LogP contribution is 2.13. The Balaban J connectivity index is 2.63. The Kier molecular flexibility index (Phi) is 9.61. The summed E-state index contributed by atoms with van der Waals surface area (Å²) in [5, 5.41) is 12.1. The van der Waals surface area contributed by atoms with Crippen LogP contribution < -0.4 is 5.32 Å². The van der Waals surface area contributed by atoms with E-state index in [-0.39, 0.29) is 6.61 Å². The standard InChI is InChI=1S/C19H29NO/c1-3-7-17(11-6-15-21)12-13-19-9-4-8-18(16-19)10-5-14-20-2/h4,8-9,16-17,20-21H,3,5-7,10-11,14-15H2,1-2H3. The van der Waals surface area contributed by atoms with Crippen molar-refractivity contribution in [2.75, 3.05) is 20.2 Å². The molecular weight excluding hydrogens is 258 g/mol. The Morgan fingerprint density at radius 1 is 1.24 bits per heavy atom. The van der Waals surface area contributed by atoms with Gasteiger partial charge in [-0.15, -0.1) is 0 Å². The summed E-state index contributed by atoms with van der Waals surface area (Å²) >= 11 is 0. The second-order valence-corrected chi connectivity index (χ2v) is 5.53. The minimum Gasteiger partial charge on any atom is -0.396 e. The predicted octanol–water partition coefficient (Wildman–Crippen LogP) is 3.38. The molecule has 2 heteroatoms. The number of nitrogens with one attached hydrogen (secondary N) is 1. The Bertz CT molecular complexity index is 444. The average Bonchev–Trinajstić information content (AvgIpc) is 2.51. The predicted molar refractivity (Wildman–Crippen MR) is 90.3 cm³/mol. The monoisotopic (exact) mass is 287 g/mol. The smallest absolute Gasteiger partial charge is 0.0431 e. The summed E-state index contributed by atoms with van der Waals surface area (Å²) in [4.78, 5) is 0. The normalized spacial score (nSPS) is 11.8. The fraction of sp³-hybridized carbons (Fsp3) is 0.579. The van der Waals surface area contributed by atoms with Crippen LogP contribution in [0.3, 0.4) is 0 Å². The zero-order valence-corrected chi connectivity index (χ0v) is 13.5. The lowest BCUT2D eigenvalue weighted by molar-refractivity contribution is 0.276. The van der Waals surface area contributed by atoms with E-state index >= 15 is 0 Å². The summed E-state index contributed by atoms with van der Waals surface area (Å²) < 4.78 is 0. The third kappa shape index (κ3) is 7.90. The van der Waals surface area contributed by atoms with Crippen molar-refractivity contribution in [2.24, 2.45) is 5.92 Å². The van der Waals surface area contributed by atoms with Gasteiger partial charge in [0.25, 0.3) is 0 Å². The van der Waals surface area contributed by atoms with Gasteiger partial charge in [-0.3, -0.25) is 0 Å². The Hall–Kier alpha value is -1.30. The first-order valence-corrected chi connectivity index (χ1v) is 8.16. The number of benzene rings is 1. The second-order valence-electron chi connectivity index (χ2n) is 5.53. The topological polar surface area (TPSA) is 32.3 Å². The summed E-state index contributed by atoms with van der Waals surface area (Å²) in [6, 6.07) is 8.57. The highest BCUT2D eigenvalue weighted by molar-refractivity contribution is 5.37. The van der Waals surface area contributed by atoms with Crippen LogP contribution in [0.2, 0.25) is 0 Å². The Morgan fingerprint density at radius 2 is 2.10 bits per heavy atom. The molecule has 1 rings (SSSR count). The molecule has 21 heavy (non-hydrogen) atoms. The van der Waals surface area contributed by atoms with Crippen LogP contribution in [0.15, 0.2) is 24.3 Å². The lowest BCUT2D eigenvalue weighted by Crippen LogP contribution is -2.08. The maximum atomic E-state index is 8.95. The number of aliphatic hydroxyl groups is 1. The van der Waals surface area contributed by atoms with Crippen LogP contribution in [0.1, 0.15) is 50.2 Å². The van der Waals surface area contributed by atoms with Crippen LogP contribution in [0.25, 0.3) is 0 Å². The molecule has 0 fully saturated rings. The fourth-order valence-electron chi connectivity index (χ4n) is 2.43. The van der Waals surface area contributed by atoms with E-state index in [0.29, 0.717) is 5.92 Å². The van der Waals surface area contributed by atoms with Gasteiger partial charge in [-0.1, -0.05) is 37.3 Å².